The number of benzene rings is 1. The molecule has 0 radical (unpaired) electrons. The highest BCUT2D eigenvalue weighted by molar-refractivity contribution is 5.98. The number of hydrogen-bond acceptors (Lipinski definition) is 2. The number of rotatable bonds is 1. The van der Waals surface area contributed by atoms with Crippen LogP contribution < -0.4 is 0 Å². The van der Waals surface area contributed by atoms with Gasteiger partial charge in [0.1, 0.15) is 0 Å². The molecule has 2 N–H and O–H groups in total. The highest BCUT2D eigenvalue weighted by atomic mass is 16.4. The van der Waals surface area contributed by atoms with Gasteiger partial charge in [-0.2, -0.15) is 0 Å². The first-order valence-corrected chi connectivity index (χ1v) is 4.06. The van der Waals surface area contributed by atoms with Gasteiger partial charge in [0.05, 0.1) is 6.21 Å². The van der Waals surface area contributed by atoms with E-state index in [1.807, 2.05) is 25.3 Å². The number of oxime groups is 1. The molecule has 0 unspecified atom stereocenters. The van der Waals surface area contributed by atoms with Crippen LogP contribution in [0.3, 0.4) is 0 Å². The zero-order chi connectivity index (χ0) is 9.26. The van der Waals surface area contributed by atoms with Gasteiger partial charge in [-0.3, -0.25) is 0 Å². The van der Waals surface area contributed by atoms with Crippen molar-refractivity contribution < 1.29 is 5.21 Å². The summed E-state index contributed by atoms with van der Waals surface area (Å²) in [6, 6.07) is 6.10. The SMILES string of the molecule is Cc1ccc2c(/C=N\O)c[nH]c2c1. The molecule has 1 aromatic heterocycles. The molecule has 0 spiro atoms. The van der Waals surface area contributed by atoms with Gasteiger partial charge < -0.3 is 10.2 Å². The third-order valence-corrected chi connectivity index (χ3v) is 2.07. The van der Waals surface area contributed by atoms with E-state index in [0.29, 0.717) is 0 Å². The Balaban J connectivity index is 2.68. The van der Waals surface area contributed by atoms with Crippen LogP contribution in [0.15, 0.2) is 29.6 Å². The Labute approximate surface area is 75.7 Å². The minimum Gasteiger partial charge on any atom is -0.411 e. The Morgan fingerprint density at radius 3 is 3.08 bits per heavy atom. The smallest absolute Gasteiger partial charge is 0.0755 e. The zero-order valence-electron chi connectivity index (χ0n) is 7.28. The van der Waals surface area contributed by atoms with Gasteiger partial charge in [0, 0.05) is 22.7 Å². The molecule has 0 saturated heterocycles. The maximum Gasteiger partial charge on any atom is 0.0755 e. The van der Waals surface area contributed by atoms with Crippen LogP contribution in [-0.4, -0.2) is 16.4 Å². The summed E-state index contributed by atoms with van der Waals surface area (Å²) in [6.07, 6.45) is 3.25. The van der Waals surface area contributed by atoms with Gasteiger partial charge in [-0.05, 0) is 18.6 Å². The molecular weight excluding hydrogens is 164 g/mol. The maximum absolute atomic E-state index is 8.41. The van der Waals surface area contributed by atoms with E-state index in [1.54, 1.807) is 0 Å². The van der Waals surface area contributed by atoms with E-state index in [9.17, 15) is 0 Å². The Kier molecular flexibility index (Phi) is 1.77. The largest absolute Gasteiger partial charge is 0.411 e. The number of aromatic amines is 1. The summed E-state index contributed by atoms with van der Waals surface area (Å²) < 4.78 is 0. The summed E-state index contributed by atoms with van der Waals surface area (Å²) >= 11 is 0. The lowest BCUT2D eigenvalue weighted by Gasteiger charge is -1.92. The molecule has 0 saturated carbocycles. The van der Waals surface area contributed by atoms with Gasteiger partial charge in [0.2, 0.25) is 0 Å². The molecule has 0 bridgehead atoms. The fraction of sp³-hybridized carbons (Fsp3) is 0.100. The zero-order valence-corrected chi connectivity index (χ0v) is 7.28. The van der Waals surface area contributed by atoms with Crippen molar-refractivity contribution in [2.75, 3.05) is 0 Å². The van der Waals surface area contributed by atoms with Crippen molar-refractivity contribution >= 4 is 17.1 Å². The van der Waals surface area contributed by atoms with Crippen molar-refractivity contribution in [1.82, 2.24) is 4.98 Å². The topological polar surface area (TPSA) is 48.4 Å². The standard InChI is InChI=1S/C10H10N2O/c1-7-2-3-9-8(6-12-13)5-11-10(9)4-7/h2-6,11,13H,1H3/b12-6-. The lowest BCUT2D eigenvalue weighted by molar-refractivity contribution is 0.322. The van der Waals surface area contributed by atoms with Crippen LogP contribution in [0.2, 0.25) is 0 Å². The van der Waals surface area contributed by atoms with Gasteiger partial charge in [0.15, 0.2) is 0 Å². The number of nitrogens with one attached hydrogen (secondary N) is 1. The van der Waals surface area contributed by atoms with E-state index < -0.39 is 0 Å². The number of aromatic nitrogens is 1. The van der Waals surface area contributed by atoms with Crippen molar-refractivity contribution in [3.05, 3.63) is 35.5 Å². The summed E-state index contributed by atoms with van der Waals surface area (Å²) in [7, 11) is 0. The van der Waals surface area contributed by atoms with Gasteiger partial charge in [-0.25, -0.2) is 0 Å². The molecule has 0 aliphatic carbocycles. The third kappa shape index (κ3) is 1.28. The van der Waals surface area contributed by atoms with Crippen LogP contribution in [0.25, 0.3) is 10.9 Å². The fourth-order valence-electron chi connectivity index (χ4n) is 1.43. The molecule has 3 heteroatoms. The summed E-state index contributed by atoms with van der Waals surface area (Å²) in [4.78, 5) is 3.11. The van der Waals surface area contributed by atoms with Crippen molar-refractivity contribution in [3.8, 4) is 0 Å². The van der Waals surface area contributed by atoms with Crippen molar-refractivity contribution in [2.45, 2.75) is 6.92 Å². The van der Waals surface area contributed by atoms with Gasteiger partial charge in [-0.1, -0.05) is 17.3 Å². The van der Waals surface area contributed by atoms with E-state index in [-0.39, 0.29) is 0 Å². The van der Waals surface area contributed by atoms with Crippen LogP contribution in [0.4, 0.5) is 0 Å². The Bertz CT molecular complexity index is 457. The maximum atomic E-state index is 8.41. The predicted octanol–water partition coefficient (Wildman–Crippen LogP) is 2.28. The molecule has 2 rings (SSSR count). The quantitative estimate of drug-likeness (QED) is 0.389. The summed E-state index contributed by atoms with van der Waals surface area (Å²) in [6.45, 7) is 2.04. The molecule has 2 aromatic rings. The summed E-state index contributed by atoms with van der Waals surface area (Å²) in [5.74, 6) is 0. The Morgan fingerprint density at radius 2 is 2.31 bits per heavy atom. The molecule has 1 heterocycles. The average Bonchev–Trinajstić information content (AvgIpc) is 2.49. The second-order valence-corrected chi connectivity index (χ2v) is 3.04. The van der Waals surface area contributed by atoms with Gasteiger partial charge in [-0.15, -0.1) is 0 Å². The normalized spacial score (nSPS) is 11.5. The molecule has 13 heavy (non-hydrogen) atoms. The molecule has 3 nitrogen and oxygen atoms in total. The second kappa shape index (κ2) is 2.94. The lowest BCUT2D eigenvalue weighted by Crippen LogP contribution is -1.77. The molecular formula is C10H10N2O. The van der Waals surface area contributed by atoms with Crippen molar-refractivity contribution in [3.63, 3.8) is 0 Å². The predicted molar refractivity (Wildman–Crippen MR) is 52.4 cm³/mol. The highest BCUT2D eigenvalue weighted by Crippen LogP contribution is 2.17. The number of aryl methyl sites for hydroxylation is 1. The van der Waals surface area contributed by atoms with Crippen LogP contribution in [0, 0.1) is 6.92 Å². The van der Waals surface area contributed by atoms with Crippen LogP contribution in [-0.2, 0) is 0 Å². The summed E-state index contributed by atoms with van der Waals surface area (Å²) in [5.41, 5.74) is 3.18. The average molecular weight is 174 g/mol. The number of nitrogens with zero attached hydrogens (tertiary/aromatic N) is 1. The first kappa shape index (κ1) is 7.86. The molecule has 0 atom stereocenters. The molecule has 0 fully saturated rings. The molecule has 0 aliphatic rings. The van der Waals surface area contributed by atoms with E-state index in [1.165, 1.54) is 11.8 Å². The molecule has 0 amide bonds. The van der Waals surface area contributed by atoms with E-state index >= 15 is 0 Å². The summed E-state index contributed by atoms with van der Waals surface area (Å²) in [5, 5.41) is 12.5. The van der Waals surface area contributed by atoms with E-state index in [4.69, 9.17) is 5.21 Å². The second-order valence-electron chi connectivity index (χ2n) is 3.04. The Morgan fingerprint density at radius 1 is 1.46 bits per heavy atom. The molecule has 0 aliphatic heterocycles. The molecule has 1 aromatic carbocycles. The number of H-pyrrole nitrogens is 1. The lowest BCUT2D eigenvalue weighted by atomic mass is 10.1. The van der Waals surface area contributed by atoms with E-state index in [0.717, 1.165) is 16.5 Å². The third-order valence-electron chi connectivity index (χ3n) is 2.07. The Hall–Kier alpha value is -1.77. The minimum absolute atomic E-state index is 0.900. The van der Waals surface area contributed by atoms with Gasteiger partial charge in [0.25, 0.3) is 0 Å². The monoisotopic (exact) mass is 174 g/mol. The van der Waals surface area contributed by atoms with Crippen molar-refractivity contribution in [1.29, 1.82) is 0 Å². The first-order valence-electron chi connectivity index (χ1n) is 4.06. The van der Waals surface area contributed by atoms with Crippen LogP contribution in [0.5, 0.6) is 0 Å². The van der Waals surface area contributed by atoms with Gasteiger partial charge >= 0.3 is 0 Å². The number of fused-ring (bicyclic) bond motifs is 1. The minimum atomic E-state index is 0.900. The van der Waals surface area contributed by atoms with Crippen molar-refractivity contribution in [2.24, 2.45) is 5.16 Å². The molecule has 66 valence electrons. The van der Waals surface area contributed by atoms with Crippen LogP contribution >= 0.6 is 0 Å². The van der Waals surface area contributed by atoms with E-state index in [2.05, 4.69) is 16.2 Å². The fourth-order valence-corrected chi connectivity index (χ4v) is 1.43. The first-order chi connectivity index (χ1) is 6.31. The highest BCUT2D eigenvalue weighted by Gasteiger charge is 2.00. The van der Waals surface area contributed by atoms with Crippen LogP contribution in [0.1, 0.15) is 11.1 Å². The number of hydrogen-bond donors (Lipinski definition) is 2.